The molecule has 31 heavy (non-hydrogen) atoms. The molecule has 1 fully saturated rings. The van der Waals surface area contributed by atoms with Crippen molar-refractivity contribution >= 4 is 33.3 Å². The number of amides is 1. The molecule has 0 radical (unpaired) electrons. The molecule has 0 aromatic heterocycles. The predicted molar refractivity (Wildman–Crippen MR) is 131 cm³/mol. The number of halogens is 1. The lowest BCUT2D eigenvalue weighted by molar-refractivity contribution is -0.126. The number of benzene rings is 2. The lowest BCUT2D eigenvalue weighted by Crippen LogP contribution is -2.44. The molecule has 2 aromatic rings. The molecule has 1 aliphatic carbocycles. The average Bonchev–Trinajstić information content (AvgIpc) is 3.04. The minimum Gasteiger partial charge on any atom is -0.497 e. The van der Waals surface area contributed by atoms with Crippen LogP contribution in [-0.2, 0) is 16.8 Å². The van der Waals surface area contributed by atoms with Crippen molar-refractivity contribution in [2.24, 2.45) is 0 Å². The summed E-state index contributed by atoms with van der Waals surface area (Å²) in [6.45, 7) is 10.4. The zero-order valence-corrected chi connectivity index (χ0v) is 21.1. The monoisotopic (exact) mass is 487 g/mol. The van der Waals surface area contributed by atoms with E-state index < -0.39 is 5.41 Å². The summed E-state index contributed by atoms with van der Waals surface area (Å²) in [6.07, 6.45) is 3.22. The van der Waals surface area contributed by atoms with Crippen molar-refractivity contribution in [2.45, 2.75) is 72.3 Å². The Balaban J connectivity index is 0.000000807. The van der Waals surface area contributed by atoms with Gasteiger partial charge in [0.15, 0.2) is 5.78 Å². The van der Waals surface area contributed by atoms with Crippen LogP contribution >= 0.6 is 15.9 Å². The van der Waals surface area contributed by atoms with Crippen molar-refractivity contribution in [1.82, 2.24) is 0 Å². The van der Waals surface area contributed by atoms with E-state index in [9.17, 15) is 9.59 Å². The summed E-state index contributed by atoms with van der Waals surface area (Å²) in [5.41, 5.74) is 3.22. The van der Waals surface area contributed by atoms with Gasteiger partial charge in [0.1, 0.15) is 5.75 Å². The summed E-state index contributed by atoms with van der Waals surface area (Å²) in [6, 6.07) is 11.6. The van der Waals surface area contributed by atoms with E-state index in [1.807, 2.05) is 75.9 Å². The molecular weight excluding hydrogens is 454 g/mol. The van der Waals surface area contributed by atoms with Gasteiger partial charge >= 0.3 is 0 Å². The maximum absolute atomic E-state index is 13.4. The highest BCUT2D eigenvalue weighted by Gasteiger charge is 2.55. The Morgan fingerprint density at radius 1 is 1.10 bits per heavy atom. The van der Waals surface area contributed by atoms with Crippen LogP contribution in [0.15, 0.2) is 40.9 Å². The fourth-order valence-corrected chi connectivity index (χ4v) is 4.83. The van der Waals surface area contributed by atoms with Gasteiger partial charge in [0.05, 0.1) is 24.8 Å². The van der Waals surface area contributed by atoms with E-state index in [1.165, 1.54) is 0 Å². The Bertz CT molecular complexity index is 917. The predicted octanol–water partition coefficient (Wildman–Crippen LogP) is 7.07. The van der Waals surface area contributed by atoms with Crippen LogP contribution < -0.4 is 9.64 Å². The summed E-state index contributed by atoms with van der Waals surface area (Å²) in [7, 11) is 1.64. The number of ketones is 1. The third-order valence-electron chi connectivity index (χ3n) is 5.85. The first kappa shape index (κ1) is 25.1. The van der Waals surface area contributed by atoms with Gasteiger partial charge in [-0.25, -0.2) is 0 Å². The Kier molecular flexibility index (Phi) is 8.87. The number of hydrogen-bond acceptors (Lipinski definition) is 3. The molecule has 168 valence electrons. The second-order valence-electron chi connectivity index (χ2n) is 7.31. The highest BCUT2D eigenvalue weighted by Crippen LogP contribution is 2.56. The molecule has 2 aliphatic rings. The lowest BCUT2D eigenvalue weighted by atomic mass is 9.65. The summed E-state index contributed by atoms with van der Waals surface area (Å²) < 4.78 is 6.04. The van der Waals surface area contributed by atoms with Crippen molar-refractivity contribution in [1.29, 1.82) is 0 Å². The highest BCUT2D eigenvalue weighted by molar-refractivity contribution is 9.10. The number of anilines is 1. The Morgan fingerprint density at radius 3 is 2.19 bits per heavy atom. The van der Waals surface area contributed by atoms with Gasteiger partial charge in [-0.1, -0.05) is 53.2 Å². The molecule has 0 N–H and O–H groups in total. The first-order valence-electron chi connectivity index (χ1n) is 11.3. The average molecular weight is 488 g/mol. The van der Waals surface area contributed by atoms with E-state index in [-0.39, 0.29) is 11.7 Å². The zero-order valence-electron chi connectivity index (χ0n) is 19.5. The van der Waals surface area contributed by atoms with Gasteiger partial charge in [-0.3, -0.25) is 9.59 Å². The third-order valence-corrected chi connectivity index (χ3v) is 6.46. The fraction of sp³-hybridized carbons (Fsp3) is 0.462. The quantitative estimate of drug-likeness (QED) is 0.423. The van der Waals surface area contributed by atoms with Gasteiger partial charge in [-0.2, -0.15) is 0 Å². The summed E-state index contributed by atoms with van der Waals surface area (Å²) >= 11 is 3.64. The van der Waals surface area contributed by atoms with E-state index in [2.05, 4.69) is 15.9 Å². The van der Waals surface area contributed by atoms with Gasteiger partial charge in [0, 0.05) is 16.5 Å². The summed E-state index contributed by atoms with van der Waals surface area (Å²) in [4.78, 5) is 27.5. The molecule has 0 unspecified atom stereocenters. The Labute approximate surface area is 195 Å². The minimum absolute atomic E-state index is 0.106. The molecule has 0 atom stereocenters. The SMILES string of the molecule is CC.CC.CCC(=O)c1cc(Br)c2c(c1)C1(CCC1)C(=O)N2Cc1ccc(OC)cc1. The number of methoxy groups -OCH3 is 1. The molecular formula is C26H34BrNO3. The summed E-state index contributed by atoms with van der Waals surface area (Å²) in [5, 5.41) is 0. The molecule has 4 nitrogen and oxygen atoms in total. The van der Waals surface area contributed by atoms with Crippen LogP contribution in [0, 0.1) is 0 Å². The molecule has 2 aromatic carbocycles. The maximum atomic E-state index is 13.4. The van der Waals surface area contributed by atoms with Crippen molar-refractivity contribution in [3.8, 4) is 5.75 Å². The largest absolute Gasteiger partial charge is 0.497 e. The smallest absolute Gasteiger partial charge is 0.238 e. The molecule has 5 heteroatoms. The molecule has 4 rings (SSSR count). The molecule has 1 heterocycles. The fourth-order valence-electron chi connectivity index (χ4n) is 4.16. The second-order valence-corrected chi connectivity index (χ2v) is 8.16. The molecule has 0 bridgehead atoms. The first-order valence-corrected chi connectivity index (χ1v) is 12.1. The van der Waals surface area contributed by atoms with Crippen LogP contribution in [0.2, 0.25) is 0 Å². The number of rotatable bonds is 5. The minimum atomic E-state index is -0.450. The molecule has 1 saturated carbocycles. The molecule has 1 aliphatic heterocycles. The number of nitrogens with zero attached hydrogens (tertiary/aromatic N) is 1. The first-order chi connectivity index (χ1) is 15.0. The topological polar surface area (TPSA) is 46.6 Å². The van der Waals surface area contributed by atoms with Crippen LogP contribution in [0.1, 0.15) is 81.8 Å². The zero-order chi connectivity index (χ0) is 23.2. The number of carbonyl (C=O) groups excluding carboxylic acids is 2. The number of ether oxygens (including phenoxy) is 1. The molecule has 0 saturated heterocycles. The number of Topliss-reactive ketones (excluding diaryl/α,β-unsaturated/α-hetero) is 1. The van der Waals surface area contributed by atoms with Gasteiger partial charge in [0.2, 0.25) is 5.91 Å². The van der Waals surface area contributed by atoms with Gasteiger partial charge in [-0.15, -0.1) is 0 Å². The van der Waals surface area contributed by atoms with E-state index >= 15 is 0 Å². The molecule has 1 spiro atoms. The number of carbonyl (C=O) groups is 2. The highest BCUT2D eigenvalue weighted by atomic mass is 79.9. The Hall–Kier alpha value is -2.14. The van der Waals surface area contributed by atoms with Crippen molar-refractivity contribution in [3.05, 3.63) is 57.6 Å². The van der Waals surface area contributed by atoms with Crippen molar-refractivity contribution < 1.29 is 14.3 Å². The van der Waals surface area contributed by atoms with Crippen LogP contribution in [0.25, 0.3) is 0 Å². The van der Waals surface area contributed by atoms with Crippen molar-refractivity contribution in [3.63, 3.8) is 0 Å². The van der Waals surface area contributed by atoms with E-state index in [0.29, 0.717) is 18.5 Å². The number of hydrogen-bond donors (Lipinski definition) is 0. The second kappa shape index (κ2) is 10.9. The van der Waals surface area contributed by atoms with E-state index in [4.69, 9.17) is 4.74 Å². The van der Waals surface area contributed by atoms with Crippen LogP contribution in [0.5, 0.6) is 5.75 Å². The third kappa shape index (κ3) is 4.57. The molecule has 1 amide bonds. The number of fused-ring (bicyclic) bond motifs is 2. The lowest BCUT2D eigenvalue weighted by Gasteiger charge is -2.37. The summed E-state index contributed by atoms with van der Waals surface area (Å²) in [5.74, 6) is 1.06. The van der Waals surface area contributed by atoms with Crippen LogP contribution in [-0.4, -0.2) is 18.8 Å². The van der Waals surface area contributed by atoms with Gasteiger partial charge in [-0.05, 0) is 64.2 Å². The van der Waals surface area contributed by atoms with Crippen LogP contribution in [0.4, 0.5) is 5.69 Å². The maximum Gasteiger partial charge on any atom is 0.238 e. The van der Waals surface area contributed by atoms with E-state index in [1.54, 1.807) is 7.11 Å². The standard InChI is InChI=1S/C22H22BrNO3.2C2H6/c1-3-19(25)15-11-17-20(18(23)12-15)24(21(26)22(17)9-4-10-22)13-14-5-7-16(27-2)8-6-14;2*1-2/h5-8,11-12H,3-4,9-10,13H2,1-2H3;2*1-2H3. The Morgan fingerprint density at radius 2 is 1.71 bits per heavy atom. The van der Waals surface area contributed by atoms with E-state index in [0.717, 1.165) is 46.3 Å². The van der Waals surface area contributed by atoms with Crippen LogP contribution in [0.3, 0.4) is 0 Å². The van der Waals surface area contributed by atoms with Gasteiger partial charge in [0.25, 0.3) is 0 Å². The normalized spacial score (nSPS) is 15.2. The van der Waals surface area contributed by atoms with Crippen molar-refractivity contribution in [2.75, 3.05) is 12.0 Å². The van der Waals surface area contributed by atoms with Gasteiger partial charge < -0.3 is 9.64 Å².